The lowest BCUT2D eigenvalue weighted by Gasteiger charge is -2.10. The molecule has 1 fully saturated rings. The normalized spacial score (nSPS) is 35.3. The number of hydrogen-bond acceptors (Lipinski definition) is 4. The van der Waals surface area contributed by atoms with Gasteiger partial charge in [0.2, 0.25) is 0 Å². The van der Waals surface area contributed by atoms with Gasteiger partial charge in [0, 0.05) is 0 Å². The van der Waals surface area contributed by atoms with Crippen LogP contribution in [0.1, 0.15) is 0 Å². The molecule has 1 aliphatic rings. The van der Waals surface area contributed by atoms with Crippen molar-refractivity contribution >= 4 is 11.8 Å². The van der Waals surface area contributed by atoms with Gasteiger partial charge in [-0.3, -0.25) is 0 Å². The Morgan fingerprint density at radius 3 is 2.67 bits per heavy atom. The Morgan fingerprint density at radius 1 is 1.44 bits per heavy atom. The number of thioether (sulfide) groups is 1. The van der Waals surface area contributed by atoms with Crippen LogP contribution < -0.4 is 0 Å². The van der Waals surface area contributed by atoms with Gasteiger partial charge in [-0.1, -0.05) is 0 Å². The lowest BCUT2D eigenvalue weighted by atomic mass is 10.3. The first-order valence-corrected chi connectivity index (χ1v) is 3.88. The number of hydrogen-bond donors (Lipinski definition) is 2. The Balaban J connectivity index is 2.32. The van der Waals surface area contributed by atoms with Crippen LogP contribution in [0.4, 0.5) is 0 Å². The molecule has 2 unspecified atom stereocenters. The molecule has 0 bridgehead atoms. The standard InChI is InChI=1S/C5H10O3S/c6-1-4-5(2-7)9-3-8-4/h4-7H,1-3H2. The lowest BCUT2D eigenvalue weighted by Crippen LogP contribution is -2.26. The molecule has 54 valence electrons. The molecule has 0 aliphatic carbocycles. The van der Waals surface area contributed by atoms with Gasteiger partial charge in [0.25, 0.3) is 0 Å². The highest BCUT2D eigenvalue weighted by Gasteiger charge is 2.27. The van der Waals surface area contributed by atoms with E-state index in [1.807, 2.05) is 0 Å². The van der Waals surface area contributed by atoms with E-state index in [2.05, 4.69) is 0 Å². The van der Waals surface area contributed by atoms with E-state index in [1.165, 1.54) is 0 Å². The summed E-state index contributed by atoms with van der Waals surface area (Å²) >= 11 is 1.54. The fourth-order valence-electron chi connectivity index (χ4n) is 0.769. The zero-order chi connectivity index (χ0) is 6.69. The Kier molecular flexibility index (Phi) is 2.78. The van der Waals surface area contributed by atoms with Crippen molar-refractivity contribution < 1.29 is 14.9 Å². The smallest absolute Gasteiger partial charge is 0.0958 e. The molecule has 0 aromatic carbocycles. The maximum Gasteiger partial charge on any atom is 0.0958 e. The number of ether oxygens (including phenoxy) is 1. The van der Waals surface area contributed by atoms with E-state index in [0.29, 0.717) is 5.94 Å². The van der Waals surface area contributed by atoms with Crippen LogP contribution in [0.2, 0.25) is 0 Å². The van der Waals surface area contributed by atoms with Crippen LogP contribution in [0.3, 0.4) is 0 Å². The van der Waals surface area contributed by atoms with Gasteiger partial charge >= 0.3 is 0 Å². The minimum absolute atomic E-state index is 0.0121. The van der Waals surface area contributed by atoms with Gasteiger partial charge in [-0.2, -0.15) is 0 Å². The average molecular weight is 150 g/mol. The van der Waals surface area contributed by atoms with E-state index in [-0.39, 0.29) is 24.6 Å². The predicted molar refractivity (Wildman–Crippen MR) is 35.3 cm³/mol. The monoisotopic (exact) mass is 150 g/mol. The highest BCUT2D eigenvalue weighted by atomic mass is 32.2. The Hall–Kier alpha value is 0.230. The summed E-state index contributed by atoms with van der Waals surface area (Å²) in [5.74, 6) is 0.594. The summed E-state index contributed by atoms with van der Waals surface area (Å²) in [5, 5.41) is 17.4. The van der Waals surface area contributed by atoms with E-state index >= 15 is 0 Å². The number of aliphatic hydroxyl groups excluding tert-OH is 2. The average Bonchev–Trinajstić information content (AvgIpc) is 2.33. The second kappa shape index (κ2) is 3.41. The molecule has 3 nitrogen and oxygen atoms in total. The molecular formula is C5H10O3S. The highest BCUT2D eigenvalue weighted by molar-refractivity contribution is 8.00. The van der Waals surface area contributed by atoms with Crippen molar-refractivity contribution in [2.45, 2.75) is 11.4 Å². The third-order valence-corrected chi connectivity index (χ3v) is 2.49. The summed E-state index contributed by atoms with van der Waals surface area (Å²) < 4.78 is 5.06. The fourth-order valence-corrected chi connectivity index (χ4v) is 1.68. The molecule has 2 atom stereocenters. The van der Waals surface area contributed by atoms with Crippen LogP contribution >= 0.6 is 11.8 Å². The van der Waals surface area contributed by atoms with Crippen molar-refractivity contribution in [2.75, 3.05) is 19.2 Å². The van der Waals surface area contributed by atoms with Crippen molar-refractivity contribution in [3.05, 3.63) is 0 Å². The second-order valence-corrected chi connectivity index (χ2v) is 3.07. The molecule has 0 aromatic rings. The molecule has 0 saturated carbocycles. The summed E-state index contributed by atoms with van der Waals surface area (Å²) in [5.41, 5.74) is 0. The van der Waals surface area contributed by atoms with Gasteiger partial charge in [-0.25, -0.2) is 0 Å². The van der Waals surface area contributed by atoms with Gasteiger partial charge < -0.3 is 14.9 Å². The summed E-state index contributed by atoms with van der Waals surface area (Å²) in [6.45, 7) is 0.105. The topological polar surface area (TPSA) is 49.7 Å². The molecule has 9 heavy (non-hydrogen) atoms. The van der Waals surface area contributed by atoms with Crippen LogP contribution in [0.25, 0.3) is 0 Å². The third kappa shape index (κ3) is 1.58. The summed E-state index contributed by atoms with van der Waals surface area (Å²) in [4.78, 5) is 0. The van der Waals surface area contributed by atoms with Crippen LogP contribution in [0.5, 0.6) is 0 Å². The van der Waals surface area contributed by atoms with E-state index in [4.69, 9.17) is 14.9 Å². The van der Waals surface area contributed by atoms with Gasteiger partial charge in [-0.15, -0.1) is 11.8 Å². The SMILES string of the molecule is OCC1OCSC1CO. The van der Waals surface area contributed by atoms with Gasteiger partial charge in [0.15, 0.2) is 0 Å². The van der Waals surface area contributed by atoms with E-state index < -0.39 is 0 Å². The van der Waals surface area contributed by atoms with Crippen molar-refractivity contribution in [1.29, 1.82) is 0 Å². The van der Waals surface area contributed by atoms with Crippen LogP contribution in [-0.4, -0.2) is 40.7 Å². The Morgan fingerprint density at radius 2 is 2.22 bits per heavy atom. The Bertz CT molecular complexity index is 78.3. The van der Waals surface area contributed by atoms with Gasteiger partial charge in [-0.05, 0) is 0 Å². The number of rotatable bonds is 2. The largest absolute Gasteiger partial charge is 0.395 e. The van der Waals surface area contributed by atoms with Crippen LogP contribution in [0, 0.1) is 0 Å². The fraction of sp³-hybridized carbons (Fsp3) is 1.00. The van der Waals surface area contributed by atoms with E-state index in [9.17, 15) is 0 Å². The highest BCUT2D eigenvalue weighted by Crippen LogP contribution is 2.24. The molecule has 0 spiro atoms. The van der Waals surface area contributed by atoms with Crippen molar-refractivity contribution in [3.63, 3.8) is 0 Å². The second-order valence-electron chi connectivity index (χ2n) is 1.89. The molecule has 1 saturated heterocycles. The quantitative estimate of drug-likeness (QED) is 0.553. The zero-order valence-electron chi connectivity index (χ0n) is 4.99. The molecule has 2 N–H and O–H groups in total. The zero-order valence-corrected chi connectivity index (χ0v) is 5.80. The van der Waals surface area contributed by atoms with Gasteiger partial charge in [0.05, 0.1) is 30.5 Å². The van der Waals surface area contributed by atoms with Gasteiger partial charge in [0.1, 0.15) is 0 Å². The summed E-state index contributed by atoms with van der Waals surface area (Å²) in [6, 6.07) is 0. The molecular weight excluding hydrogens is 140 g/mol. The van der Waals surface area contributed by atoms with Crippen molar-refractivity contribution in [3.8, 4) is 0 Å². The molecule has 0 amide bonds. The maximum absolute atomic E-state index is 8.66. The van der Waals surface area contributed by atoms with Crippen molar-refractivity contribution in [1.82, 2.24) is 0 Å². The van der Waals surface area contributed by atoms with E-state index in [1.54, 1.807) is 11.8 Å². The predicted octanol–water partition coefficient (Wildman–Crippen LogP) is -0.571. The molecule has 0 aromatic heterocycles. The summed E-state index contributed by atoms with van der Waals surface area (Å²) in [6.07, 6.45) is -0.153. The summed E-state index contributed by atoms with van der Waals surface area (Å²) in [7, 11) is 0. The lowest BCUT2D eigenvalue weighted by molar-refractivity contribution is 0.0435. The molecule has 1 heterocycles. The Labute approximate surface area is 58.0 Å². The van der Waals surface area contributed by atoms with Crippen LogP contribution in [0.15, 0.2) is 0 Å². The number of aliphatic hydroxyl groups is 2. The first kappa shape index (κ1) is 7.34. The maximum atomic E-state index is 8.66. The molecule has 0 radical (unpaired) electrons. The minimum Gasteiger partial charge on any atom is -0.395 e. The van der Waals surface area contributed by atoms with Crippen molar-refractivity contribution in [2.24, 2.45) is 0 Å². The molecule has 4 heteroatoms. The molecule has 1 aliphatic heterocycles. The first-order chi connectivity index (χ1) is 4.38. The minimum atomic E-state index is -0.153. The van der Waals surface area contributed by atoms with E-state index in [0.717, 1.165) is 0 Å². The van der Waals surface area contributed by atoms with Crippen LogP contribution in [-0.2, 0) is 4.74 Å². The first-order valence-electron chi connectivity index (χ1n) is 2.83. The molecule has 1 rings (SSSR count). The third-order valence-electron chi connectivity index (χ3n) is 1.34.